The van der Waals surface area contributed by atoms with Crippen molar-refractivity contribution in [3.05, 3.63) is 6.42 Å². The average molecular weight is 319 g/mol. The fraction of sp³-hybridized carbons (Fsp3) is 0.625. The summed E-state index contributed by atoms with van der Waals surface area (Å²) < 4.78 is 0. The zero-order valence-corrected chi connectivity index (χ0v) is 13.7. The summed E-state index contributed by atoms with van der Waals surface area (Å²) in [4.78, 5) is 21.4. The van der Waals surface area contributed by atoms with Gasteiger partial charge in [0.2, 0.25) is 0 Å². The van der Waals surface area contributed by atoms with Crippen molar-refractivity contribution in [2.24, 2.45) is 5.41 Å². The molecule has 0 aromatic carbocycles. The van der Waals surface area contributed by atoms with Crippen molar-refractivity contribution in [2.45, 2.75) is 27.7 Å². The molecule has 0 bridgehead atoms. The standard InChI is InChI=1S/C8H13O2.2Y/c1-6(9)5-8(3,4)7(2)10;;/h5H,1-4H3;;/q-1;;. The number of carbonyl (C=O) groups excluding carboxylic acids is 2. The van der Waals surface area contributed by atoms with Crippen LogP contribution in [0.5, 0.6) is 0 Å². The number of ketones is 2. The quantitative estimate of drug-likeness (QED) is 0.737. The average Bonchev–Trinajstić information content (AvgIpc) is 1.60. The number of rotatable bonds is 3. The molecule has 0 atom stereocenters. The van der Waals surface area contributed by atoms with Gasteiger partial charge in [0.25, 0.3) is 0 Å². The van der Waals surface area contributed by atoms with Crippen molar-refractivity contribution in [3.8, 4) is 0 Å². The molecule has 0 saturated heterocycles. The fourth-order valence-corrected chi connectivity index (χ4v) is 0.610. The Hall–Kier alpha value is 1.42. The number of Topliss-reactive ketones (excluding diaryl/α,β-unsaturated/α-hetero) is 2. The predicted molar refractivity (Wildman–Crippen MR) is 39.4 cm³/mol. The van der Waals surface area contributed by atoms with Crippen molar-refractivity contribution in [3.63, 3.8) is 0 Å². The van der Waals surface area contributed by atoms with E-state index in [1.54, 1.807) is 13.8 Å². The van der Waals surface area contributed by atoms with E-state index in [2.05, 4.69) is 0 Å². The molecule has 0 aromatic rings. The number of hydrogen-bond acceptors (Lipinski definition) is 2. The molecule has 64 valence electrons. The van der Waals surface area contributed by atoms with Crippen LogP contribution >= 0.6 is 0 Å². The van der Waals surface area contributed by atoms with Gasteiger partial charge in [0.1, 0.15) is 5.78 Å². The maximum atomic E-state index is 10.8. The SMILES string of the molecule is CC(=O)[CH-]C(C)(C)C(C)=O.[Y].[Y]. The predicted octanol–water partition coefficient (Wildman–Crippen LogP) is 1.39. The smallest absolute Gasteiger partial charge is 0.108 e. The summed E-state index contributed by atoms with van der Waals surface area (Å²) in [6.45, 7) is 6.40. The molecule has 12 heavy (non-hydrogen) atoms. The molecule has 0 fully saturated rings. The van der Waals surface area contributed by atoms with E-state index < -0.39 is 5.41 Å². The minimum absolute atomic E-state index is 0. The van der Waals surface area contributed by atoms with Crippen molar-refractivity contribution in [2.75, 3.05) is 0 Å². The van der Waals surface area contributed by atoms with Gasteiger partial charge in [-0.25, -0.2) is 0 Å². The van der Waals surface area contributed by atoms with E-state index in [0.29, 0.717) is 0 Å². The molecular weight excluding hydrogens is 306 g/mol. The third kappa shape index (κ3) is 8.04. The molecule has 0 rings (SSSR count). The van der Waals surface area contributed by atoms with Crippen LogP contribution in [0, 0.1) is 11.8 Å². The first kappa shape index (κ1) is 19.1. The van der Waals surface area contributed by atoms with Gasteiger partial charge in [-0.05, 0) is 19.6 Å². The molecule has 4 heteroatoms. The van der Waals surface area contributed by atoms with Crippen molar-refractivity contribution >= 4 is 11.6 Å². The maximum absolute atomic E-state index is 10.8. The Balaban J connectivity index is -0.000000405. The van der Waals surface area contributed by atoms with E-state index in [1.807, 2.05) is 0 Å². The minimum Gasteiger partial charge on any atom is -0.335 e. The van der Waals surface area contributed by atoms with E-state index in [1.165, 1.54) is 20.3 Å². The van der Waals surface area contributed by atoms with Gasteiger partial charge in [-0.15, -0.1) is 0 Å². The van der Waals surface area contributed by atoms with Gasteiger partial charge in [0, 0.05) is 65.4 Å². The normalized spacial score (nSPS) is 9.00. The van der Waals surface area contributed by atoms with Crippen LogP contribution in [0.2, 0.25) is 0 Å². The summed E-state index contributed by atoms with van der Waals surface area (Å²) in [6.07, 6.45) is 1.44. The van der Waals surface area contributed by atoms with Crippen LogP contribution < -0.4 is 0 Å². The maximum Gasteiger partial charge on any atom is 0.108 e. The fourth-order valence-electron chi connectivity index (χ4n) is 0.610. The van der Waals surface area contributed by atoms with Gasteiger partial charge in [0.05, 0.1) is 0 Å². The second-order valence-electron chi connectivity index (χ2n) is 3.03. The molecule has 0 aliphatic rings. The Labute approximate surface area is 124 Å². The number of carbonyl (C=O) groups is 2. The summed E-state index contributed by atoms with van der Waals surface area (Å²) in [6, 6.07) is 0. The molecule has 0 heterocycles. The summed E-state index contributed by atoms with van der Waals surface area (Å²) in [5, 5.41) is 0. The Bertz CT molecular complexity index is 164. The van der Waals surface area contributed by atoms with Gasteiger partial charge in [-0.1, -0.05) is 19.3 Å². The van der Waals surface area contributed by atoms with Crippen LogP contribution in [0.15, 0.2) is 0 Å². The third-order valence-corrected chi connectivity index (χ3v) is 1.47. The molecule has 0 unspecified atom stereocenters. The topological polar surface area (TPSA) is 34.1 Å². The molecule has 0 aliphatic heterocycles. The van der Waals surface area contributed by atoms with Crippen LogP contribution in [-0.2, 0) is 75.0 Å². The summed E-state index contributed by atoms with van der Waals surface area (Å²) in [5.41, 5.74) is -0.591. The van der Waals surface area contributed by atoms with Crippen LogP contribution in [0.3, 0.4) is 0 Å². The van der Waals surface area contributed by atoms with E-state index >= 15 is 0 Å². The second kappa shape index (κ2) is 7.79. The zero-order valence-electron chi connectivity index (χ0n) is 8.05. The van der Waals surface area contributed by atoms with Gasteiger partial charge in [0.15, 0.2) is 0 Å². The first-order valence-corrected chi connectivity index (χ1v) is 3.24. The minimum atomic E-state index is -0.591. The summed E-state index contributed by atoms with van der Waals surface area (Å²) >= 11 is 0. The third-order valence-electron chi connectivity index (χ3n) is 1.47. The van der Waals surface area contributed by atoms with Gasteiger partial charge in [-0.2, -0.15) is 0 Å². The van der Waals surface area contributed by atoms with Gasteiger partial charge < -0.3 is 16.0 Å². The monoisotopic (exact) mass is 319 g/mol. The van der Waals surface area contributed by atoms with Crippen LogP contribution in [0.1, 0.15) is 27.7 Å². The van der Waals surface area contributed by atoms with Crippen LogP contribution in [-0.4, -0.2) is 11.6 Å². The molecule has 0 spiro atoms. The zero-order chi connectivity index (χ0) is 8.36. The van der Waals surface area contributed by atoms with Crippen molar-refractivity contribution in [1.29, 1.82) is 0 Å². The molecule has 0 amide bonds. The summed E-state index contributed by atoms with van der Waals surface area (Å²) in [5.74, 6) is -0.0390. The Morgan fingerprint density at radius 1 is 1.08 bits per heavy atom. The Morgan fingerprint density at radius 3 is 1.50 bits per heavy atom. The molecule has 0 aromatic heterocycles. The first-order valence-electron chi connectivity index (χ1n) is 3.24. The van der Waals surface area contributed by atoms with E-state index in [0.717, 1.165) is 0 Å². The van der Waals surface area contributed by atoms with Crippen molar-refractivity contribution in [1.82, 2.24) is 0 Å². The molecule has 0 aliphatic carbocycles. The first-order chi connectivity index (χ1) is 4.36. The van der Waals surface area contributed by atoms with E-state index in [4.69, 9.17) is 0 Å². The largest absolute Gasteiger partial charge is 0.335 e. The molecule has 2 radical (unpaired) electrons. The Kier molecular flexibility index (Phi) is 12.4. The molecule has 0 N–H and O–H groups in total. The van der Waals surface area contributed by atoms with Gasteiger partial charge >= 0.3 is 0 Å². The van der Waals surface area contributed by atoms with Crippen LogP contribution in [0.25, 0.3) is 0 Å². The summed E-state index contributed by atoms with van der Waals surface area (Å²) in [7, 11) is 0. The van der Waals surface area contributed by atoms with E-state index in [-0.39, 0.29) is 77.0 Å². The molecule has 0 saturated carbocycles. The van der Waals surface area contributed by atoms with Gasteiger partial charge in [-0.3, -0.25) is 0 Å². The van der Waals surface area contributed by atoms with Crippen LogP contribution in [0.4, 0.5) is 0 Å². The molecule has 2 nitrogen and oxygen atoms in total. The van der Waals surface area contributed by atoms with Crippen molar-refractivity contribution < 1.29 is 75.0 Å². The Morgan fingerprint density at radius 2 is 1.42 bits per heavy atom. The second-order valence-corrected chi connectivity index (χ2v) is 3.03. The molecular formula is C8H13O2Y2-. The number of hydrogen-bond donors (Lipinski definition) is 0. The van der Waals surface area contributed by atoms with E-state index in [9.17, 15) is 9.59 Å².